The topological polar surface area (TPSA) is 59.3 Å². The van der Waals surface area contributed by atoms with E-state index < -0.39 is 6.10 Å². The van der Waals surface area contributed by atoms with Crippen molar-refractivity contribution in [2.45, 2.75) is 32.5 Å². The second kappa shape index (κ2) is 7.81. The van der Waals surface area contributed by atoms with E-state index in [0.717, 1.165) is 12.3 Å². The standard InChI is InChI=1S/C16H23N3O2/c1-13(2)18-9-15(20)11-21-16-5-3-14(4-6-16)10-19-8-7-17-12-19/h3-8,12-13,15,18,20H,9-11H2,1-2H3. The highest BCUT2D eigenvalue weighted by Gasteiger charge is 2.06. The van der Waals surface area contributed by atoms with Crippen molar-refractivity contribution in [3.8, 4) is 5.75 Å². The minimum absolute atomic E-state index is 0.292. The maximum Gasteiger partial charge on any atom is 0.119 e. The fraction of sp³-hybridized carbons (Fsp3) is 0.438. The summed E-state index contributed by atoms with van der Waals surface area (Å²) in [6.07, 6.45) is 4.99. The molecule has 1 atom stereocenters. The Kier molecular flexibility index (Phi) is 5.78. The van der Waals surface area contributed by atoms with Crippen molar-refractivity contribution in [3.05, 3.63) is 48.5 Å². The summed E-state index contributed by atoms with van der Waals surface area (Å²) in [6, 6.07) is 8.26. The smallest absolute Gasteiger partial charge is 0.119 e. The zero-order chi connectivity index (χ0) is 15.1. The molecular formula is C16H23N3O2. The number of hydrogen-bond donors (Lipinski definition) is 2. The van der Waals surface area contributed by atoms with Gasteiger partial charge in [0, 0.05) is 31.5 Å². The fourth-order valence-electron chi connectivity index (χ4n) is 1.91. The van der Waals surface area contributed by atoms with Crippen LogP contribution in [0.3, 0.4) is 0 Å². The molecule has 0 fully saturated rings. The molecule has 1 unspecified atom stereocenters. The van der Waals surface area contributed by atoms with Crippen molar-refractivity contribution < 1.29 is 9.84 Å². The van der Waals surface area contributed by atoms with Gasteiger partial charge in [-0.3, -0.25) is 0 Å². The van der Waals surface area contributed by atoms with Crippen molar-refractivity contribution >= 4 is 0 Å². The lowest BCUT2D eigenvalue weighted by Crippen LogP contribution is -2.35. The molecule has 0 aliphatic rings. The van der Waals surface area contributed by atoms with Crippen molar-refractivity contribution in [2.75, 3.05) is 13.2 Å². The Morgan fingerprint density at radius 2 is 2.05 bits per heavy atom. The van der Waals surface area contributed by atoms with E-state index in [0.29, 0.717) is 19.2 Å². The second-order valence-corrected chi connectivity index (χ2v) is 5.41. The highest BCUT2D eigenvalue weighted by molar-refractivity contribution is 5.27. The van der Waals surface area contributed by atoms with Crippen LogP contribution in [0.5, 0.6) is 5.75 Å². The Morgan fingerprint density at radius 3 is 2.67 bits per heavy atom. The largest absolute Gasteiger partial charge is 0.491 e. The summed E-state index contributed by atoms with van der Waals surface area (Å²) in [5.74, 6) is 0.771. The van der Waals surface area contributed by atoms with Gasteiger partial charge in [-0.25, -0.2) is 4.98 Å². The van der Waals surface area contributed by atoms with Crippen molar-refractivity contribution in [2.24, 2.45) is 0 Å². The molecule has 0 saturated heterocycles. The van der Waals surface area contributed by atoms with Crippen LogP contribution in [0, 0.1) is 0 Å². The molecule has 114 valence electrons. The lowest BCUT2D eigenvalue weighted by atomic mass is 10.2. The van der Waals surface area contributed by atoms with Crippen LogP contribution in [-0.4, -0.2) is 40.0 Å². The van der Waals surface area contributed by atoms with E-state index in [1.165, 1.54) is 5.56 Å². The van der Waals surface area contributed by atoms with E-state index in [1.54, 1.807) is 12.5 Å². The van der Waals surface area contributed by atoms with Crippen LogP contribution in [0.25, 0.3) is 0 Å². The Labute approximate surface area is 125 Å². The summed E-state index contributed by atoms with van der Waals surface area (Å²) >= 11 is 0. The van der Waals surface area contributed by atoms with Gasteiger partial charge in [0.1, 0.15) is 18.5 Å². The zero-order valence-electron chi connectivity index (χ0n) is 12.6. The molecule has 2 N–H and O–H groups in total. The number of hydrogen-bond acceptors (Lipinski definition) is 4. The SMILES string of the molecule is CC(C)NCC(O)COc1ccc(Cn2ccnc2)cc1. The van der Waals surface area contributed by atoms with Crippen molar-refractivity contribution in [1.82, 2.24) is 14.9 Å². The number of aliphatic hydroxyl groups excluding tert-OH is 1. The van der Waals surface area contributed by atoms with Gasteiger partial charge in [-0.05, 0) is 17.7 Å². The average molecular weight is 289 g/mol. The van der Waals surface area contributed by atoms with E-state index in [1.807, 2.05) is 48.9 Å². The molecule has 5 heteroatoms. The monoisotopic (exact) mass is 289 g/mol. The number of nitrogens with one attached hydrogen (secondary N) is 1. The average Bonchev–Trinajstić information content (AvgIpc) is 2.97. The Bertz CT molecular complexity index is 509. The Hall–Kier alpha value is -1.85. The third-order valence-corrected chi connectivity index (χ3v) is 3.05. The first-order valence-electron chi connectivity index (χ1n) is 7.22. The number of aliphatic hydroxyl groups is 1. The predicted octanol–water partition coefficient (Wildman–Crippen LogP) is 1.67. The van der Waals surface area contributed by atoms with Gasteiger partial charge >= 0.3 is 0 Å². The third kappa shape index (κ3) is 5.57. The van der Waals surface area contributed by atoms with E-state index in [9.17, 15) is 5.11 Å². The van der Waals surface area contributed by atoms with Gasteiger partial charge in [0.25, 0.3) is 0 Å². The van der Waals surface area contributed by atoms with Crippen molar-refractivity contribution in [3.63, 3.8) is 0 Å². The van der Waals surface area contributed by atoms with Crippen LogP contribution < -0.4 is 10.1 Å². The van der Waals surface area contributed by atoms with Gasteiger partial charge in [-0.1, -0.05) is 26.0 Å². The molecule has 1 heterocycles. The molecule has 0 spiro atoms. The quantitative estimate of drug-likeness (QED) is 0.776. The molecule has 0 aliphatic heterocycles. The molecule has 21 heavy (non-hydrogen) atoms. The van der Waals surface area contributed by atoms with Gasteiger partial charge in [-0.2, -0.15) is 0 Å². The normalized spacial score (nSPS) is 12.6. The maximum atomic E-state index is 9.79. The molecule has 0 amide bonds. The summed E-state index contributed by atoms with van der Waals surface area (Å²) in [4.78, 5) is 4.02. The maximum absolute atomic E-state index is 9.79. The summed E-state index contributed by atoms with van der Waals surface area (Å²) in [7, 11) is 0. The molecule has 5 nitrogen and oxygen atoms in total. The molecule has 2 rings (SSSR count). The molecular weight excluding hydrogens is 266 g/mol. The minimum atomic E-state index is -0.502. The van der Waals surface area contributed by atoms with E-state index in [-0.39, 0.29) is 0 Å². The van der Waals surface area contributed by atoms with Gasteiger partial charge in [0.2, 0.25) is 0 Å². The summed E-state index contributed by atoms with van der Waals surface area (Å²) in [5, 5.41) is 13.0. The number of rotatable bonds is 8. The third-order valence-electron chi connectivity index (χ3n) is 3.05. The first kappa shape index (κ1) is 15.5. The second-order valence-electron chi connectivity index (χ2n) is 5.41. The number of ether oxygens (including phenoxy) is 1. The zero-order valence-corrected chi connectivity index (χ0v) is 12.6. The lowest BCUT2D eigenvalue weighted by molar-refractivity contribution is 0.104. The highest BCUT2D eigenvalue weighted by Crippen LogP contribution is 2.13. The number of benzene rings is 1. The molecule has 1 aromatic carbocycles. The van der Waals surface area contributed by atoms with E-state index >= 15 is 0 Å². The van der Waals surface area contributed by atoms with Crippen LogP contribution in [0.15, 0.2) is 43.0 Å². The number of aromatic nitrogens is 2. The summed E-state index contributed by atoms with van der Waals surface area (Å²) < 4.78 is 7.59. The predicted molar refractivity (Wildman–Crippen MR) is 82.4 cm³/mol. The number of nitrogens with zero attached hydrogens (tertiary/aromatic N) is 2. The Balaban J connectivity index is 1.77. The van der Waals surface area contributed by atoms with E-state index in [4.69, 9.17) is 4.74 Å². The Morgan fingerprint density at radius 1 is 1.29 bits per heavy atom. The lowest BCUT2D eigenvalue weighted by Gasteiger charge is -2.15. The van der Waals surface area contributed by atoms with Crippen LogP contribution in [0.4, 0.5) is 0 Å². The highest BCUT2D eigenvalue weighted by atomic mass is 16.5. The molecule has 0 bridgehead atoms. The molecule has 0 aliphatic carbocycles. The summed E-state index contributed by atoms with van der Waals surface area (Å²) in [5.41, 5.74) is 1.18. The molecule has 0 radical (unpaired) electrons. The van der Waals surface area contributed by atoms with Crippen LogP contribution >= 0.6 is 0 Å². The van der Waals surface area contributed by atoms with Crippen LogP contribution in [-0.2, 0) is 6.54 Å². The first-order valence-corrected chi connectivity index (χ1v) is 7.22. The molecule has 1 aromatic heterocycles. The van der Waals surface area contributed by atoms with Crippen LogP contribution in [0.1, 0.15) is 19.4 Å². The molecule has 0 saturated carbocycles. The summed E-state index contributed by atoms with van der Waals surface area (Å²) in [6.45, 7) is 5.72. The van der Waals surface area contributed by atoms with Gasteiger partial charge in [0.15, 0.2) is 0 Å². The minimum Gasteiger partial charge on any atom is -0.491 e. The first-order chi connectivity index (χ1) is 10.1. The fourth-order valence-corrected chi connectivity index (χ4v) is 1.91. The van der Waals surface area contributed by atoms with E-state index in [2.05, 4.69) is 10.3 Å². The molecule has 2 aromatic rings. The van der Waals surface area contributed by atoms with Gasteiger partial charge in [0.05, 0.1) is 6.33 Å². The van der Waals surface area contributed by atoms with Gasteiger partial charge < -0.3 is 19.7 Å². The number of imidazole rings is 1. The van der Waals surface area contributed by atoms with Crippen LogP contribution in [0.2, 0.25) is 0 Å². The van der Waals surface area contributed by atoms with Gasteiger partial charge in [-0.15, -0.1) is 0 Å². The van der Waals surface area contributed by atoms with Crippen molar-refractivity contribution in [1.29, 1.82) is 0 Å².